The number of hydrogen-bond donors (Lipinski definition) is 1. The molecule has 0 unspecified atom stereocenters. The van der Waals surface area contributed by atoms with Gasteiger partial charge < -0.3 is 5.32 Å². The minimum Gasteiger partial charge on any atom is -0.324 e. The Bertz CT molecular complexity index is 1020. The number of benzene rings is 1. The lowest BCUT2D eigenvalue weighted by Gasteiger charge is -2.08. The van der Waals surface area contributed by atoms with Crippen molar-refractivity contribution in [3.05, 3.63) is 72.2 Å². The summed E-state index contributed by atoms with van der Waals surface area (Å²) in [5.41, 5.74) is -1.50. The van der Waals surface area contributed by atoms with Crippen LogP contribution in [0.3, 0.4) is 0 Å². The lowest BCUT2D eigenvalue weighted by Crippen LogP contribution is -2.29. The molecule has 0 bridgehead atoms. The summed E-state index contributed by atoms with van der Waals surface area (Å²) < 4.78 is 0.731. The molecule has 2 rings (SSSR count). The summed E-state index contributed by atoms with van der Waals surface area (Å²) in [6.07, 6.45) is 0.848. The highest BCUT2D eigenvalue weighted by Crippen LogP contribution is 2.22. The van der Waals surface area contributed by atoms with Crippen LogP contribution in [0, 0.1) is 38.5 Å². The molecule has 1 amide bonds. The fourth-order valence-corrected chi connectivity index (χ4v) is 2.16. The largest absolute Gasteiger partial charge is 0.324 e. The zero-order chi connectivity index (χ0) is 19.4. The zero-order valence-electron chi connectivity index (χ0n) is 13.3. The number of aromatic nitrogens is 1. The smallest absolute Gasteiger partial charge is 0.287 e. The van der Waals surface area contributed by atoms with Gasteiger partial charge in [0.2, 0.25) is 5.91 Å². The van der Waals surface area contributed by atoms with Crippen LogP contribution < -0.4 is 10.9 Å². The highest BCUT2D eigenvalue weighted by molar-refractivity contribution is 5.91. The molecule has 2 aromatic rings. The predicted molar refractivity (Wildman–Crippen MR) is 88.5 cm³/mol. The van der Waals surface area contributed by atoms with Crippen molar-refractivity contribution in [2.75, 3.05) is 5.32 Å². The van der Waals surface area contributed by atoms with Crippen LogP contribution in [0.5, 0.6) is 0 Å². The molecule has 132 valence electrons. The number of nitrogens with one attached hydrogen (secondary N) is 1. The number of amides is 1. The summed E-state index contributed by atoms with van der Waals surface area (Å²) in [6, 6.07) is 6.40. The fraction of sp³-hybridized carbons (Fsp3) is 0.133. The molecule has 1 heterocycles. The van der Waals surface area contributed by atoms with E-state index < -0.39 is 39.1 Å². The minimum atomic E-state index is -0.858. The Morgan fingerprint density at radius 1 is 1.27 bits per heavy atom. The van der Waals surface area contributed by atoms with Gasteiger partial charge in [0.25, 0.3) is 16.9 Å². The summed E-state index contributed by atoms with van der Waals surface area (Å²) in [6.45, 7) is 0.937. The average Bonchev–Trinajstić information content (AvgIpc) is 2.57. The Balaban J connectivity index is 2.29. The van der Waals surface area contributed by atoms with Crippen LogP contribution in [0.25, 0.3) is 0 Å². The monoisotopic (exact) mass is 357 g/mol. The number of anilines is 1. The molecule has 11 nitrogen and oxygen atoms in total. The average molecular weight is 357 g/mol. The van der Waals surface area contributed by atoms with Gasteiger partial charge in [-0.05, 0) is 13.0 Å². The van der Waals surface area contributed by atoms with Crippen molar-refractivity contribution in [2.24, 2.45) is 0 Å². The molecule has 0 aliphatic rings. The third kappa shape index (κ3) is 3.88. The first-order valence-electron chi connectivity index (χ1n) is 7.07. The summed E-state index contributed by atoms with van der Waals surface area (Å²) in [5, 5.41) is 33.0. The van der Waals surface area contributed by atoms with Gasteiger partial charge in [-0.2, -0.15) is 5.26 Å². The van der Waals surface area contributed by atoms with E-state index in [0.29, 0.717) is 5.56 Å². The van der Waals surface area contributed by atoms with Gasteiger partial charge in [-0.1, -0.05) is 6.07 Å². The molecule has 1 aromatic carbocycles. The van der Waals surface area contributed by atoms with E-state index in [2.05, 4.69) is 5.32 Å². The molecule has 0 spiro atoms. The van der Waals surface area contributed by atoms with E-state index in [1.54, 1.807) is 0 Å². The first-order valence-corrected chi connectivity index (χ1v) is 7.07. The van der Waals surface area contributed by atoms with E-state index in [0.717, 1.165) is 22.9 Å². The molecule has 1 aromatic heterocycles. The molecule has 26 heavy (non-hydrogen) atoms. The first-order chi connectivity index (χ1) is 12.2. The van der Waals surface area contributed by atoms with E-state index in [-0.39, 0.29) is 11.4 Å². The van der Waals surface area contributed by atoms with Gasteiger partial charge in [-0.25, -0.2) is 0 Å². The predicted octanol–water partition coefficient (Wildman–Crippen LogP) is 1.48. The van der Waals surface area contributed by atoms with Crippen LogP contribution in [0.4, 0.5) is 17.1 Å². The van der Waals surface area contributed by atoms with Gasteiger partial charge in [0, 0.05) is 23.4 Å². The third-order valence-corrected chi connectivity index (χ3v) is 3.41. The van der Waals surface area contributed by atoms with Crippen LogP contribution in [-0.4, -0.2) is 20.3 Å². The molecule has 0 aliphatic heterocycles. The number of carbonyl (C=O) groups excluding carboxylic acids is 1. The maximum atomic E-state index is 12.1. The van der Waals surface area contributed by atoms with Crippen molar-refractivity contribution in [1.82, 2.24) is 4.57 Å². The molecule has 0 saturated carbocycles. The molecular weight excluding hydrogens is 346 g/mol. The van der Waals surface area contributed by atoms with Crippen LogP contribution in [0.1, 0.15) is 11.1 Å². The number of carbonyl (C=O) groups is 1. The van der Waals surface area contributed by atoms with Crippen molar-refractivity contribution in [3.8, 4) is 6.07 Å². The molecule has 1 N–H and O–H groups in total. The van der Waals surface area contributed by atoms with Crippen LogP contribution in [0.15, 0.2) is 35.3 Å². The van der Waals surface area contributed by atoms with Gasteiger partial charge in [0.15, 0.2) is 0 Å². The van der Waals surface area contributed by atoms with E-state index in [4.69, 9.17) is 5.26 Å². The lowest BCUT2D eigenvalue weighted by atomic mass is 10.2. The van der Waals surface area contributed by atoms with Gasteiger partial charge in [-0.15, -0.1) is 0 Å². The molecule has 0 radical (unpaired) electrons. The Morgan fingerprint density at radius 3 is 2.54 bits per heavy atom. The summed E-state index contributed by atoms with van der Waals surface area (Å²) in [7, 11) is 0. The van der Waals surface area contributed by atoms with Crippen molar-refractivity contribution in [2.45, 2.75) is 13.5 Å². The van der Waals surface area contributed by atoms with E-state index in [9.17, 15) is 29.8 Å². The number of nitriles is 1. The quantitative estimate of drug-likeness (QED) is 0.626. The molecule has 0 atom stereocenters. The number of rotatable bonds is 5. The lowest BCUT2D eigenvalue weighted by molar-refractivity contribution is -0.385. The van der Waals surface area contributed by atoms with Gasteiger partial charge in [0.05, 0.1) is 16.0 Å². The number of nitro benzene ring substituents is 1. The van der Waals surface area contributed by atoms with Crippen molar-refractivity contribution in [3.63, 3.8) is 0 Å². The van der Waals surface area contributed by atoms with Crippen molar-refractivity contribution in [1.29, 1.82) is 5.26 Å². The topological polar surface area (TPSA) is 161 Å². The van der Waals surface area contributed by atoms with E-state index in [1.165, 1.54) is 25.1 Å². The van der Waals surface area contributed by atoms with Crippen LogP contribution in [0.2, 0.25) is 0 Å². The molecular formula is C15H11N5O6. The second kappa shape index (κ2) is 7.22. The van der Waals surface area contributed by atoms with E-state index >= 15 is 0 Å². The van der Waals surface area contributed by atoms with Gasteiger partial charge in [-0.3, -0.25) is 34.4 Å². The van der Waals surface area contributed by atoms with Crippen LogP contribution in [-0.2, 0) is 11.3 Å². The minimum absolute atomic E-state index is 0.131. The number of aryl methyl sites for hydroxylation is 1. The third-order valence-electron chi connectivity index (χ3n) is 3.41. The highest BCUT2D eigenvalue weighted by atomic mass is 16.6. The maximum Gasteiger partial charge on any atom is 0.287 e. The normalized spacial score (nSPS) is 10.0. The molecule has 11 heteroatoms. The van der Waals surface area contributed by atoms with Gasteiger partial charge in [0.1, 0.15) is 18.2 Å². The zero-order valence-corrected chi connectivity index (χ0v) is 13.3. The highest BCUT2D eigenvalue weighted by Gasteiger charge is 2.17. The van der Waals surface area contributed by atoms with Crippen molar-refractivity contribution >= 4 is 23.0 Å². The SMILES string of the molecule is Cc1ccc(NC(=O)Cn2cc([N+](=O)[O-])cc(C#N)c2=O)cc1[N+](=O)[O-]. The Morgan fingerprint density at radius 2 is 1.96 bits per heavy atom. The second-order valence-electron chi connectivity index (χ2n) is 5.22. The van der Waals surface area contributed by atoms with Crippen molar-refractivity contribution < 1.29 is 14.6 Å². The van der Waals surface area contributed by atoms with Crippen LogP contribution >= 0.6 is 0 Å². The maximum absolute atomic E-state index is 12.1. The standard InChI is InChI=1S/C15H11N5O6/c1-9-2-3-11(5-13(9)20(25)26)17-14(21)8-18-7-12(19(23)24)4-10(6-16)15(18)22/h2-5,7H,8H2,1H3,(H,17,21). The number of nitro groups is 2. The fourth-order valence-electron chi connectivity index (χ4n) is 2.16. The number of pyridine rings is 1. The molecule has 0 fully saturated rings. The van der Waals surface area contributed by atoms with E-state index in [1.807, 2.05) is 0 Å². The molecule has 0 aliphatic carbocycles. The summed E-state index contributed by atoms with van der Waals surface area (Å²) in [5.74, 6) is -0.741. The summed E-state index contributed by atoms with van der Waals surface area (Å²) >= 11 is 0. The molecule has 0 saturated heterocycles. The second-order valence-corrected chi connectivity index (χ2v) is 5.22. The Hall–Kier alpha value is -4.07. The summed E-state index contributed by atoms with van der Waals surface area (Å²) in [4.78, 5) is 44.5. The van der Waals surface area contributed by atoms with Gasteiger partial charge >= 0.3 is 0 Å². The number of hydrogen-bond acceptors (Lipinski definition) is 7. The Kier molecular flexibility index (Phi) is 5.07. The number of nitrogens with zero attached hydrogens (tertiary/aromatic N) is 4. The Labute approximate surface area is 145 Å². The first kappa shape index (κ1) is 18.3.